The number of nitriles is 1. The van der Waals surface area contributed by atoms with Gasteiger partial charge in [0.25, 0.3) is 0 Å². The molecule has 1 saturated heterocycles. The number of nitrogens with zero attached hydrogens (tertiary/aromatic N) is 2. The summed E-state index contributed by atoms with van der Waals surface area (Å²) < 4.78 is 0. The zero-order chi connectivity index (χ0) is 18.8. The highest BCUT2D eigenvalue weighted by atomic mass is 35.5. The Labute approximate surface area is 177 Å². The van der Waals surface area contributed by atoms with Crippen molar-refractivity contribution < 1.29 is 5.11 Å². The van der Waals surface area contributed by atoms with Gasteiger partial charge in [0.1, 0.15) is 5.75 Å². The number of aromatic hydroxyl groups is 1. The zero-order valence-corrected chi connectivity index (χ0v) is 19.1. The van der Waals surface area contributed by atoms with E-state index in [1.807, 2.05) is 0 Å². The van der Waals surface area contributed by atoms with Crippen LogP contribution in [0.2, 0.25) is 0 Å². The quantitative estimate of drug-likeness (QED) is 0.751. The van der Waals surface area contributed by atoms with Gasteiger partial charge in [-0.05, 0) is 39.7 Å². The first kappa shape index (κ1) is 26.0. The van der Waals surface area contributed by atoms with Crippen molar-refractivity contribution in [1.29, 1.82) is 5.26 Å². The van der Waals surface area contributed by atoms with Gasteiger partial charge in [0, 0.05) is 32.2 Å². The van der Waals surface area contributed by atoms with Crippen LogP contribution in [0.15, 0.2) is 12.1 Å². The smallest absolute Gasteiger partial charge is 0.123 e. The molecule has 1 aliphatic rings. The van der Waals surface area contributed by atoms with Crippen LogP contribution in [0.5, 0.6) is 5.75 Å². The molecule has 0 unspecified atom stereocenters. The molecular formula is C21H35Cl2N3O. The van der Waals surface area contributed by atoms with Gasteiger partial charge in [-0.25, -0.2) is 0 Å². The summed E-state index contributed by atoms with van der Waals surface area (Å²) in [5.74, 6) is 0.403. The first-order valence-corrected chi connectivity index (χ1v) is 9.25. The van der Waals surface area contributed by atoms with Crippen LogP contribution < -0.4 is 5.32 Å². The molecule has 1 aliphatic heterocycles. The van der Waals surface area contributed by atoms with Crippen molar-refractivity contribution in [3.63, 3.8) is 0 Å². The Morgan fingerprint density at radius 1 is 1.04 bits per heavy atom. The Bertz CT molecular complexity index is 616. The molecule has 1 atom stereocenters. The minimum absolute atomic E-state index is 0. The normalized spacial score (nSPS) is 16.6. The molecule has 1 aromatic carbocycles. The van der Waals surface area contributed by atoms with Gasteiger partial charge in [0.15, 0.2) is 0 Å². The summed E-state index contributed by atoms with van der Waals surface area (Å²) in [6, 6.07) is 6.69. The van der Waals surface area contributed by atoms with Gasteiger partial charge >= 0.3 is 0 Å². The fourth-order valence-corrected chi connectivity index (χ4v) is 3.53. The number of piperazine rings is 1. The summed E-state index contributed by atoms with van der Waals surface area (Å²) in [5.41, 5.74) is 2.78. The van der Waals surface area contributed by atoms with Crippen molar-refractivity contribution in [2.45, 2.75) is 64.8 Å². The zero-order valence-electron chi connectivity index (χ0n) is 17.4. The molecule has 4 nitrogen and oxygen atoms in total. The standard InChI is InChI=1S/C21H33N3O.2ClH/c1-20(2,3)16-13-15(14-17(19(16)25)21(4,5)6)18(7-8-22)24-11-9-23-10-12-24;;/h13-14,18,23,25H,7,9-12H2,1-6H3;2*1H/t18-;;/m0../s1. The van der Waals surface area contributed by atoms with Gasteiger partial charge in [-0.2, -0.15) is 5.26 Å². The topological polar surface area (TPSA) is 59.3 Å². The largest absolute Gasteiger partial charge is 0.507 e. The van der Waals surface area contributed by atoms with Crippen molar-refractivity contribution in [2.24, 2.45) is 0 Å². The van der Waals surface area contributed by atoms with E-state index in [0.717, 1.165) is 42.9 Å². The van der Waals surface area contributed by atoms with E-state index in [9.17, 15) is 10.4 Å². The Morgan fingerprint density at radius 3 is 1.85 bits per heavy atom. The highest BCUT2D eigenvalue weighted by Gasteiger charge is 2.30. The molecule has 0 saturated carbocycles. The second-order valence-corrected chi connectivity index (χ2v) is 9.13. The number of hydrogen-bond acceptors (Lipinski definition) is 4. The van der Waals surface area contributed by atoms with Crippen LogP contribution in [-0.2, 0) is 10.8 Å². The fourth-order valence-electron chi connectivity index (χ4n) is 3.53. The predicted molar refractivity (Wildman–Crippen MR) is 117 cm³/mol. The van der Waals surface area contributed by atoms with Gasteiger partial charge in [0.05, 0.1) is 12.5 Å². The Morgan fingerprint density at radius 2 is 1.48 bits per heavy atom. The summed E-state index contributed by atoms with van der Waals surface area (Å²) in [7, 11) is 0. The lowest BCUT2D eigenvalue weighted by atomic mass is 9.77. The predicted octanol–water partition coefficient (Wildman–Crippen LogP) is 4.69. The van der Waals surface area contributed by atoms with Crippen molar-refractivity contribution in [1.82, 2.24) is 10.2 Å². The van der Waals surface area contributed by atoms with E-state index in [1.165, 1.54) is 0 Å². The van der Waals surface area contributed by atoms with Crippen molar-refractivity contribution in [3.05, 3.63) is 28.8 Å². The number of hydrogen-bond donors (Lipinski definition) is 2. The van der Waals surface area contributed by atoms with E-state index in [1.54, 1.807) is 0 Å². The van der Waals surface area contributed by atoms with E-state index in [4.69, 9.17) is 0 Å². The summed E-state index contributed by atoms with van der Waals surface area (Å²) >= 11 is 0. The number of halogens is 2. The Kier molecular flexibility index (Phi) is 9.61. The summed E-state index contributed by atoms with van der Waals surface area (Å²) in [6.45, 7) is 16.6. The number of phenolic OH excluding ortho intramolecular Hbond substituents is 1. The number of rotatable bonds is 3. The molecule has 0 spiro atoms. The molecule has 6 heteroatoms. The Hall–Kier alpha value is -0.990. The van der Waals surface area contributed by atoms with Crippen molar-refractivity contribution in [2.75, 3.05) is 26.2 Å². The molecule has 0 aliphatic carbocycles. The Balaban J connectivity index is 0.00000338. The minimum atomic E-state index is -0.152. The first-order valence-electron chi connectivity index (χ1n) is 9.25. The maximum absolute atomic E-state index is 10.9. The highest BCUT2D eigenvalue weighted by molar-refractivity contribution is 5.85. The average molecular weight is 416 g/mol. The number of phenols is 1. The van der Waals surface area contributed by atoms with Crippen LogP contribution in [0.1, 0.15) is 70.7 Å². The molecule has 0 radical (unpaired) electrons. The van der Waals surface area contributed by atoms with E-state index >= 15 is 0 Å². The minimum Gasteiger partial charge on any atom is -0.507 e. The molecule has 1 aromatic rings. The summed E-state index contributed by atoms with van der Waals surface area (Å²) in [4.78, 5) is 2.39. The van der Waals surface area contributed by atoms with E-state index in [0.29, 0.717) is 12.2 Å². The van der Waals surface area contributed by atoms with Gasteiger partial charge in [-0.15, -0.1) is 24.8 Å². The second kappa shape index (κ2) is 9.98. The SMILES string of the molecule is CC(C)(C)c1cc([C@H](CC#N)N2CCNCC2)cc(C(C)(C)C)c1O.Cl.Cl. The molecule has 0 aromatic heterocycles. The van der Waals surface area contributed by atoms with Crippen LogP contribution in [-0.4, -0.2) is 36.2 Å². The third-order valence-electron chi connectivity index (χ3n) is 5.01. The van der Waals surface area contributed by atoms with Gasteiger partial charge in [-0.1, -0.05) is 41.5 Å². The number of nitrogens with one attached hydrogen (secondary N) is 1. The van der Waals surface area contributed by atoms with Crippen molar-refractivity contribution in [3.8, 4) is 11.8 Å². The van der Waals surface area contributed by atoms with Gasteiger partial charge < -0.3 is 10.4 Å². The summed E-state index contributed by atoms with van der Waals surface area (Å²) in [5, 5.41) is 23.7. The maximum atomic E-state index is 10.9. The first-order chi connectivity index (χ1) is 11.6. The fraction of sp³-hybridized carbons (Fsp3) is 0.667. The third-order valence-corrected chi connectivity index (χ3v) is 5.01. The van der Waals surface area contributed by atoms with Crippen LogP contribution >= 0.6 is 24.8 Å². The third kappa shape index (κ3) is 6.26. The average Bonchev–Trinajstić information content (AvgIpc) is 2.51. The molecule has 2 N–H and O–H groups in total. The van der Waals surface area contributed by atoms with E-state index in [-0.39, 0.29) is 41.7 Å². The van der Waals surface area contributed by atoms with E-state index < -0.39 is 0 Å². The summed E-state index contributed by atoms with van der Waals surface area (Å²) in [6.07, 6.45) is 0.470. The lowest BCUT2D eigenvalue weighted by Crippen LogP contribution is -2.45. The van der Waals surface area contributed by atoms with E-state index in [2.05, 4.69) is 70.0 Å². The molecule has 1 fully saturated rings. The monoisotopic (exact) mass is 415 g/mol. The van der Waals surface area contributed by atoms with Crippen molar-refractivity contribution >= 4 is 24.8 Å². The molecule has 2 rings (SSSR count). The maximum Gasteiger partial charge on any atom is 0.123 e. The molecule has 0 bridgehead atoms. The lowest BCUT2D eigenvalue weighted by molar-refractivity contribution is 0.175. The molecule has 27 heavy (non-hydrogen) atoms. The molecule has 154 valence electrons. The second-order valence-electron chi connectivity index (χ2n) is 9.13. The number of benzene rings is 1. The van der Waals surface area contributed by atoms with Gasteiger partial charge in [-0.3, -0.25) is 4.90 Å². The van der Waals surface area contributed by atoms with Crippen LogP contribution in [0.25, 0.3) is 0 Å². The van der Waals surface area contributed by atoms with Gasteiger partial charge in [0.2, 0.25) is 0 Å². The van der Waals surface area contributed by atoms with Crippen LogP contribution in [0.4, 0.5) is 0 Å². The van der Waals surface area contributed by atoms with Crippen LogP contribution in [0.3, 0.4) is 0 Å². The molecular weight excluding hydrogens is 381 g/mol. The van der Waals surface area contributed by atoms with Crippen LogP contribution in [0, 0.1) is 11.3 Å². The lowest BCUT2D eigenvalue weighted by Gasteiger charge is -2.36. The molecule has 0 amide bonds. The highest BCUT2D eigenvalue weighted by Crippen LogP contribution is 2.42. The molecule has 1 heterocycles.